The largest absolute Gasteiger partial charge is 0.329 e. The number of imidazole rings is 1. The van der Waals surface area contributed by atoms with E-state index in [0.29, 0.717) is 0 Å². The van der Waals surface area contributed by atoms with Crippen LogP contribution in [0.1, 0.15) is 24.7 Å². The average molecular weight is 264 g/mol. The summed E-state index contributed by atoms with van der Waals surface area (Å²) in [5.41, 5.74) is 1.19. The lowest BCUT2D eigenvalue weighted by molar-refractivity contribution is 0.615. The lowest BCUT2D eigenvalue weighted by Crippen LogP contribution is -2.17. The minimum absolute atomic E-state index is 0.776. The van der Waals surface area contributed by atoms with E-state index in [9.17, 15) is 0 Å². The van der Waals surface area contributed by atoms with Gasteiger partial charge in [0.25, 0.3) is 0 Å². The first-order valence-corrected chi connectivity index (χ1v) is 6.62. The van der Waals surface area contributed by atoms with E-state index < -0.39 is 0 Å². The quantitative estimate of drug-likeness (QED) is 0.812. The number of benzene rings is 1. The van der Waals surface area contributed by atoms with Crippen molar-refractivity contribution < 1.29 is 0 Å². The first kappa shape index (κ1) is 13.1. The van der Waals surface area contributed by atoms with Crippen LogP contribution in [-0.4, -0.2) is 16.1 Å². The Bertz CT molecular complexity index is 493. The Morgan fingerprint density at radius 1 is 1.39 bits per heavy atom. The number of nitrogens with one attached hydrogen (secondary N) is 1. The molecule has 1 aromatic heterocycles. The van der Waals surface area contributed by atoms with Gasteiger partial charge in [-0.05, 0) is 30.7 Å². The first-order valence-electron chi connectivity index (χ1n) is 6.24. The van der Waals surface area contributed by atoms with E-state index in [2.05, 4.69) is 27.9 Å². The summed E-state index contributed by atoms with van der Waals surface area (Å²) in [6.07, 6.45) is 4.98. The highest BCUT2D eigenvalue weighted by Gasteiger charge is 2.03. The van der Waals surface area contributed by atoms with Gasteiger partial charge in [-0.3, -0.25) is 0 Å². The second-order valence-electron chi connectivity index (χ2n) is 4.28. The van der Waals surface area contributed by atoms with Crippen molar-refractivity contribution in [3.05, 3.63) is 53.1 Å². The molecule has 1 N–H and O–H groups in total. The maximum Gasteiger partial charge on any atom is 0.122 e. The average Bonchev–Trinajstić information content (AvgIpc) is 2.77. The second-order valence-corrected chi connectivity index (χ2v) is 4.71. The molecule has 96 valence electrons. The van der Waals surface area contributed by atoms with E-state index in [4.69, 9.17) is 11.6 Å². The molecular weight excluding hydrogens is 246 g/mol. The van der Waals surface area contributed by atoms with E-state index in [1.54, 1.807) is 0 Å². The van der Waals surface area contributed by atoms with Gasteiger partial charge in [-0.15, -0.1) is 0 Å². The van der Waals surface area contributed by atoms with Gasteiger partial charge in [-0.25, -0.2) is 4.98 Å². The van der Waals surface area contributed by atoms with E-state index in [-0.39, 0.29) is 0 Å². The standard InChI is InChI=1S/C14H18ClN3/c1-2-6-16-10-14-17-7-8-18(14)11-12-4-3-5-13(15)9-12/h3-5,7-9,16H,2,6,10-11H2,1H3. The van der Waals surface area contributed by atoms with Crippen molar-refractivity contribution in [2.75, 3.05) is 6.54 Å². The molecule has 1 aromatic carbocycles. The summed E-state index contributed by atoms with van der Waals surface area (Å²) in [5.74, 6) is 1.06. The minimum Gasteiger partial charge on any atom is -0.329 e. The third kappa shape index (κ3) is 3.59. The molecule has 0 saturated heterocycles. The van der Waals surface area contributed by atoms with Crippen LogP contribution < -0.4 is 5.32 Å². The molecule has 18 heavy (non-hydrogen) atoms. The number of hydrogen-bond donors (Lipinski definition) is 1. The van der Waals surface area contributed by atoms with Crippen molar-refractivity contribution in [2.45, 2.75) is 26.4 Å². The van der Waals surface area contributed by atoms with Gasteiger partial charge < -0.3 is 9.88 Å². The summed E-state index contributed by atoms with van der Waals surface area (Å²) in [6, 6.07) is 7.94. The van der Waals surface area contributed by atoms with E-state index in [0.717, 1.165) is 36.9 Å². The molecule has 2 aromatic rings. The zero-order chi connectivity index (χ0) is 12.8. The molecule has 0 atom stereocenters. The highest BCUT2D eigenvalue weighted by Crippen LogP contribution is 2.12. The molecule has 4 heteroatoms. The molecule has 0 aliphatic rings. The lowest BCUT2D eigenvalue weighted by Gasteiger charge is -2.09. The zero-order valence-corrected chi connectivity index (χ0v) is 11.3. The maximum atomic E-state index is 5.99. The Morgan fingerprint density at radius 3 is 3.06 bits per heavy atom. The number of rotatable bonds is 6. The van der Waals surface area contributed by atoms with Gasteiger partial charge in [0.15, 0.2) is 0 Å². The zero-order valence-electron chi connectivity index (χ0n) is 10.6. The third-order valence-electron chi connectivity index (χ3n) is 2.75. The van der Waals surface area contributed by atoms with Crippen molar-refractivity contribution >= 4 is 11.6 Å². The fraction of sp³-hybridized carbons (Fsp3) is 0.357. The second kappa shape index (κ2) is 6.57. The summed E-state index contributed by atoms with van der Waals surface area (Å²) in [4.78, 5) is 4.37. The predicted molar refractivity (Wildman–Crippen MR) is 74.8 cm³/mol. The smallest absolute Gasteiger partial charge is 0.122 e. The SMILES string of the molecule is CCCNCc1nccn1Cc1cccc(Cl)c1. The normalized spacial score (nSPS) is 10.8. The van der Waals surface area contributed by atoms with Crippen molar-refractivity contribution in [3.63, 3.8) is 0 Å². The van der Waals surface area contributed by atoms with Crippen LogP contribution in [0.3, 0.4) is 0 Å². The number of nitrogens with zero attached hydrogens (tertiary/aromatic N) is 2. The Labute approximate surface area is 113 Å². The van der Waals surface area contributed by atoms with Crippen LogP contribution >= 0.6 is 11.6 Å². The van der Waals surface area contributed by atoms with Crippen molar-refractivity contribution in [1.82, 2.24) is 14.9 Å². The van der Waals surface area contributed by atoms with E-state index >= 15 is 0 Å². The van der Waals surface area contributed by atoms with Crippen LogP contribution in [0.25, 0.3) is 0 Å². The molecule has 1 heterocycles. The van der Waals surface area contributed by atoms with Gasteiger partial charge >= 0.3 is 0 Å². The molecule has 0 fully saturated rings. The molecule has 2 rings (SSSR count). The van der Waals surface area contributed by atoms with Crippen molar-refractivity contribution in [2.24, 2.45) is 0 Å². The van der Waals surface area contributed by atoms with Gasteiger partial charge in [0, 0.05) is 24.0 Å². The predicted octanol–water partition coefficient (Wildman–Crippen LogP) is 3.08. The highest BCUT2D eigenvalue weighted by atomic mass is 35.5. The summed E-state index contributed by atoms with van der Waals surface area (Å²) >= 11 is 5.99. The van der Waals surface area contributed by atoms with E-state index in [1.807, 2.05) is 30.6 Å². The molecule has 0 radical (unpaired) electrons. The topological polar surface area (TPSA) is 29.9 Å². The highest BCUT2D eigenvalue weighted by molar-refractivity contribution is 6.30. The molecule has 0 unspecified atom stereocenters. The summed E-state index contributed by atoms with van der Waals surface area (Å²) in [5, 5.41) is 4.14. The number of aromatic nitrogens is 2. The molecule has 3 nitrogen and oxygen atoms in total. The van der Waals surface area contributed by atoms with Crippen LogP contribution in [0.2, 0.25) is 5.02 Å². The molecule has 0 aliphatic heterocycles. The lowest BCUT2D eigenvalue weighted by atomic mass is 10.2. The fourth-order valence-corrected chi connectivity index (χ4v) is 2.07. The monoisotopic (exact) mass is 263 g/mol. The van der Waals surface area contributed by atoms with E-state index in [1.165, 1.54) is 5.56 Å². The fourth-order valence-electron chi connectivity index (χ4n) is 1.86. The Kier molecular flexibility index (Phi) is 4.79. The number of hydrogen-bond acceptors (Lipinski definition) is 2. The van der Waals surface area contributed by atoms with Crippen molar-refractivity contribution in [1.29, 1.82) is 0 Å². The van der Waals surface area contributed by atoms with Crippen LogP contribution in [0.15, 0.2) is 36.7 Å². The Hall–Kier alpha value is -1.32. The molecule has 0 bridgehead atoms. The summed E-state index contributed by atoms with van der Waals surface area (Å²) in [6.45, 7) is 4.79. The molecule has 0 aliphatic carbocycles. The van der Waals surface area contributed by atoms with Gasteiger partial charge in [-0.2, -0.15) is 0 Å². The van der Waals surface area contributed by atoms with Gasteiger partial charge in [0.05, 0.1) is 6.54 Å². The number of halogens is 1. The maximum absolute atomic E-state index is 5.99. The Balaban J connectivity index is 2.03. The summed E-state index contributed by atoms with van der Waals surface area (Å²) < 4.78 is 2.15. The van der Waals surface area contributed by atoms with Gasteiger partial charge in [0.1, 0.15) is 5.82 Å². The minimum atomic E-state index is 0.776. The third-order valence-corrected chi connectivity index (χ3v) is 2.99. The van der Waals surface area contributed by atoms with Gasteiger partial charge in [0.2, 0.25) is 0 Å². The van der Waals surface area contributed by atoms with Crippen LogP contribution in [0.5, 0.6) is 0 Å². The Morgan fingerprint density at radius 2 is 2.28 bits per heavy atom. The van der Waals surface area contributed by atoms with Crippen molar-refractivity contribution in [3.8, 4) is 0 Å². The van der Waals surface area contributed by atoms with Crippen LogP contribution in [0.4, 0.5) is 0 Å². The molecular formula is C14H18ClN3. The van der Waals surface area contributed by atoms with Crippen LogP contribution in [-0.2, 0) is 13.1 Å². The molecule has 0 spiro atoms. The van der Waals surface area contributed by atoms with Crippen LogP contribution in [0, 0.1) is 0 Å². The van der Waals surface area contributed by atoms with Gasteiger partial charge in [-0.1, -0.05) is 30.7 Å². The first-order chi connectivity index (χ1) is 8.79. The molecule has 0 saturated carbocycles. The molecule has 0 amide bonds. The summed E-state index contributed by atoms with van der Waals surface area (Å²) in [7, 11) is 0.